The van der Waals surface area contributed by atoms with Gasteiger partial charge in [-0.3, -0.25) is 4.79 Å². The molecule has 3 N–H and O–H groups in total. The molecule has 0 aliphatic heterocycles. The summed E-state index contributed by atoms with van der Waals surface area (Å²) in [4.78, 5) is 13.9. The Hall–Kier alpha value is -2.01. The number of aryl methyl sites for hydroxylation is 2. The minimum atomic E-state index is -0.0550. The summed E-state index contributed by atoms with van der Waals surface area (Å²) in [5.41, 5.74) is 8.50. The van der Waals surface area contributed by atoms with Gasteiger partial charge < -0.3 is 15.8 Å². The number of hydrogen-bond donors (Lipinski definition) is 2. The molecule has 4 nitrogen and oxygen atoms in total. The second-order valence-electron chi connectivity index (χ2n) is 4.61. The predicted molar refractivity (Wildman–Crippen MR) is 82.4 cm³/mol. The molecule has 0 radical (unpaired) electrons. The topological polar surface area (TPSA) is 64.3 Å². The highest BCUT2D eigenvalue weighted by Crippen LogP contribution is 2.22. The fourth-order valence-electron chi connectivity index (χ4n) is 1.85. The van der Waals surface area contributed by atoms with Crippen molar-refractivity contribution in [1.29, 1.82) is 0 Å². The van der Waals surface area contributed by atoms with Crippen molar-refractivity contribution in [2.24, 2.45) is 0 Å². The van der Waals surface area contributed by atoms with E-state index in [1.54, 1.807) is 13.2 Å². The number of carbonyl (C=O) groups is 1. The molecule has 0 aliphatic carbocycles. The van der Waals surface area contributed by atoms with Crippen LogP contribution in [0.1, 0.15) is 25.7 Å². The van der Waals surface area contributed by atoms with Gasteiger partial charge in [0.2, 0.25) is 0 Å². The minimum Gasteiger partial charge on any atom is -0.495 e. The number of thiophene rings is 1. The number of rotatable bonds is 4. The number of ether oxygens (including phenoxy) is 1. The third-order valence-electron chi connectivity index (χ3n) is 3.14. The third kappa shape index (κ3) is 3.11. The molecule has 0 saturated carbocycles. The molecule has 20 heavy (non-hydrogen) atoms. The molecule has 0 unspecified atom stereocenters. The van der Waals surface area contributed by atoms with E-state index in [9.17, 15) is 4.79 Å². The summed E-state index contributed by atoms with van der Waals surface area (Å²) < 4.78 is 5.10. The molecule has 1 aromatic carbocycles. The Balaban J connectivity index is 2.01. The van der Waals surface area contributed by atoms with Crippen LogP contribution in [-0.4, -0.2) is 13.0 Å². The Bertz CT molecular complexity index is 615. The number of hydrogen-bond acceptors (Lipinski definition) is 4. The average Bonchev–Trinajstić information content (AvgIpc) is 2.76. The van der Waals surface area contributed by atoms with Crippen molar-refractivity contribution in [2.45, 2.75) is 20.4 Å². The van der Waals surface area contributed by atoms with E-state index in [2.05, 4.69) is 5.32 Å². The highest BCUT2D eigenvalue weighted by atomic mass is 32.1. The molecule has 1 heterocycles. The van der Waals surface area contributed by atoms with Gasteiger partial charge in [0.25, 0.3) is 5.91 Å². The van der Waals surface area contributed by atoms with Gasteiger partial charge in [0.15, 0.2) is 0 Å². The van der Waals surface area contributed by atoms with Crippen LogP contribution in [-0.2, 0) is 6.54 Å². The standard InChI is InChI=1S/C15H18N2O2S/c1-9-6-14(20-10(9)2)15(18)17-8-11-4-5-13(19-3)12(16)7-11/h4-7H,8,16H2,1-3H3,(H,17,18). The maximum Gasteiger partial charge on any atom is 0.261 e. The molecular weight excluding hydrogens is 272 g/mol. The molecule has 5 heteroatoms. The van der Waals surface area contributed by atoms with Gasteiger partial charge in [-0.25, -0.2) is 0 Å². The number of amides is 1. The highest BCUT2D eigenvalue weighted by molar-refractivity contribution is 7.14. The molecule has 0 fully saturated rings. The van der Waals surface area contributed by atoms with Crippen LogP contribution in [0.15, 0.2) is 24.3 Å². The summed E-state index contributed by atoms with van der Waals surface area (Å²) in [6.45, 7) is 4.47. The van der Waals surface area contributed by atoms with E-state index >= 15 is 0 Å². The zero-order valence-corrected chi connectivity index (χ0v) is 12.6. The Morgan fingerprint density at radius 3 is 2.65 bits per heavy atom. The second-order valence-corrected chi connectivity index (χ2v) is 5.87. The van der Waals surface area contributed by atoms with Crippen LogP contribution in [0, 0.1) is 13.8 Å². The average molecular weight is 290 g/mol. The summed E-state index contributed by atoms with van der Waals surface area (Å²) >= 11 is 1.51. The number of nitrogens with two attached hydrogens (primary N) is 1. The Morgan fingerprint density at radius 1 is 1.35 bits per heavy atom. The van der Waals surface area contributed by atoms with Crippen LogP contribution in [0.5, 0.6) is 5.75 Å². The lowest BCUT2D eigenvalue weighted by Crippen LogP contribution is -2.21. The molecule has 106 valence electrons. The summed E-state index contributed by atoms with van der Waals surface area (Å²) in [5, 5.41) is 2.90. The maximum atomic E-state index is 12.0. The van der Waals surface area contributed by atoms with Gasteiger partial charge >= 0.3 is 0 Å². The van der Waals surface area contributed by atoms with Gasteiger partial charge in [-0.1, -0.05) is 6.07 Å². The van der Waals surface area contributed by atoms with E-state index in [-0.39, 0.29) is 5.91 Å². The minimum absolute atomic E-state index is 0.0550. The van der Waals surface area contributed by atoms with Crippen LogP contribution in [0.25, 0.3) is 0 Å². The van der Waals surface area contributed by atoms with Crippen LogP contribution in [0.2, 0.25) is 0 Å². The number of methoxy groups -OCH3 is 1. The summed E-state index contributed by atoms with van der Waals surface area (Å²) in [6.07, 6.45) is 0. The summed E-state index contributed by atoms with van der Waals surface area (Å²) in [7, 11) is 1.58. The predicted octanol–water partition coefficient (Wildman–Crippen LogP) is 2.89. The van der Waals surface area contributed by atoms with E-state index < -0.39 is 0 Å². The van der Waals surface area contributed by atoms with Crippen LogP contribution in [0.3, 0.4) is 0 Å². The lowest BCUT2D eigenvalue weighted by atomic mass is 10.2. The lowest BCUT2D eigenvalue weighted by molar-refractivity contribution is 0.0955. The Labute approximate surface area is 122 Å². The summed E-state index contributed by atoms with van der Waals surface area (Å²) in [5.74, 6) is 0.588. The van der Waals surface area contributed by atoms with Crippen LogP contribution in [0.4, 0.5) is 5.69 Å². The van der Waals surface area contributed by atoms with Crippen LogP contribution < -0.4 is 15.8 Å². The van der Waals surface area contributed by atoms with E-state index in [0.29, 0.717) is 18.0 Å². The van der Waals surface area contributed by atoms with E-state index in [1.165, 1.54) is 16.2 Å². The SMILES string of the molecule is COc1ccc(CNC(=O)c2cc(C)c(C)s2)cc1N. The van der Waals surface area contributed by atoms with Gasteiger partial charge in [-0.15, -0.1) is 11.3 Å². The molecule has 1 amide bonds. The van der Waals surface area contributed by atoms with Crippen molar-refractivity contribution >= 4 is 22.9 Å². The van der Waals surface area contributed by atoms with Crippen molar-refractivity contribution < 1.29 is 9.53 Å². The smallest absolute Gasteiger partial charge is 0.261 e. The second kappa shape index (κ2) is 5.96. The molecule has 0 atom stereocenters. The first-order valence-electron chi connectivity index (χ1n) is 6.29. The van der Waals surface area contributed by atoms with Crippen molar-refractivity contribution in [3.05, 3.63) is 45.1 Å². The van der Waals surface area contributed by atoms with E-state index in [4.69, 9.17) is 10.5 Å². The first-order chi connectivity index (χ1) is 9.51. The van der Waals surface area contributed by atoms with E-state index in [0.717, 1.165) is 16.0 Å². The van der Waals surface area contributed by atoms with Gasteiger partial charge in [0, 0.05) is 11.4 Å². The van der Waals surface area contributed by atoms with Crippen molar-refractivity contribution in [3.63, 3.8) is 0 Å². The first-order valence-corrected chi connectivity index (χ1v) is 7.10. The zero-order valence-electron chi connectivity index (χ0n) is 11.8. The van der Waals surface area contributed by atoms with Crippen molar-refractivity contribution in [3.8, 4) is 5.75 Å². The molecular formula is C15H18N2O2S. The van der Waals surface area contributed by atoms with Crippen LogP contribution >= 0.6 is 11.3 Å². The molecule has 1 aromatic heterocycles. The fraction of sp³-hybridized carbons (Fsp3) is 0.267. The molecule has 2 aromatic rings. The monoisotopic (exact) mass is 290 g/mol. The van der Waals surface area contributed by atoms with Gasteiger partial charge in [-0.2, -0.15) is 0 Å². The lowest BCUT2D eigenvalue weighted by Gasteiger charge is -2.08. The molecule has 2 rings (SSSR count). The van der Waals surface area contributed by atoms with Gasteiger partial charge in [-0.05, 0) is 43.2 Å². The van der Waals surface area contributed by atoms with Gasteiger partial charge in [0.05, 0.1) is 17.7 Å². The quantitative estimate of drug-likeness (QED) is 0.851. The van der Waals surface area contributed by atoms with E-state index in [1.807, 2.05) is 32.0 Å². The number of benzene rings is 1. The largest absolute Gasteiger partial charge is 0.495 e. The first kappa shape index (κ1) is 14.4. The molecule has 0 spiro atoms. The molecule has 0 aliphatic rings. The highest BCUT2D eigenvalue weighted by Gasteiger charge is 2.10. The fourth-order valence-corrected chi connectivity index (χ4v) is 2.80. The molecule has 0 bridgehead atoms. The number of anilines is 1. The van der Waals surface area contributed by atoms with Crippen molar-refractivity contribution in [1.82, 2.24) is 5.32 Å². The Kier molecular flexibility index (Phi) is 4.29. The van der Waals surface area contributed by atoms with Crippen molar-refractivity contribution in [2.75, 3.05) is 12.8 Å². The summed E-state index contributed by atoms with van der Waals surface area (Å²) in [6, 6.07) is 7.42. The number of nitrogens with one attached hydrogen (secondary N) is 1. The Morgan fingerprint density at radius 2 is 2.10 bits per heavy atom. The maximum absolute atomic E-state index is 12.0. The number of carbonyl (C=O) groups excluding carboxylic acids is 1. The zero-order chi connectivity index (χ0) is 14.7. The third-order valence-corrected chi connectivity index (χ3v) is 4.29. The normalized spacial score (nSPS) is 10.3. The molecule has 0 saturated heterocycles. The van der Waals surface area contributed by atoms with Gasteiger partial charge in [0.1, 0.15) is 5.75 Å². The number of nitrogen functional groups attached to an aromatic ring is 1.